The van der Waals surface area contributed by atoms with Crippen molar-refractivity contribution in [2.45, 2.75) is 44.9 Å². The van der Waals surface area contributed by atoms with E-state index in [0.717, 1.165) is 12.2 Å². The largest absolute Gasteiger partial charge is 0.508 e. The van der Waals surface area contributed by atoms with Crippen LogP contribution in [0.5, 0.6) is 5.75 Å². The molecule has 0 bridgehead atoms. The summed E-state index contributed by atoms with van der Waals surface area (Å²) in [4.78, 5) is 42.9. The number of Topliss-reactive ketones (excluding diaryl/α,β-unsaturated/α-hetero) is 2. The number of carbonyl (C=O) groups is 3. The van der Waals surface area contributed by atoms with Gasteiger partial charge < -0.3 is 41.3 Å². The van der Waals surface area contributed by atoms with Crippen molar-refractivity contribution in [3.8, 4) is 5.75 Å². The van der Waals surface area contributed by atoms with Crippen LogP contribution in [-0.4, -0.2) is 89.2 Å². The Labute approximate surface area is 227 Å². The summed E-state index contributed by atoms with van der Waals surface area (Å²) in [6, 6.07) is 0.710. The fraction of sp³-hybridized carbons (Fsp3) is 0.536. The number of nitrogens with two attached hydrogens (primary N) is 1. The monoisotopic (exact) mass is 542 g/mol. The number of anilines is 1. The number of rotatable bonds is 7. The zero-order valence-electron chi connectivity index (χ0n) is 23.2. The number of ketones is 2. The van der Waals surface area contributed by atoms with Crippen molar-refractivity contribution >= 4 is 28.9 Å². The molecule has 7 N–H and O–H groups in total. The summed E-state index contributed by atoms with van der Waals surface area (Å²) < 4.78 is 0. The van der Waals surface area contributed by atoms with Gasteiger partial charge in [-0.05, 0) is 50.4 Å². The van der Waals surface area contributed by atoms with Crippen LogP contribution in [0.4, 0.5) is 5.69 Å². The van der Waals surface area contributed by atoms with E-state index < -0.39 is 58.0 Å². The molecular weight excluding hydrogens is 504 g/mol. The van der Waals surface area contributed by atoms with Crippen LogP contribution < -0.4 is 16.0 Å². The topological polar surface area (TPSA) is 177 Å². The highest BCUT2D eigenvalue weighted by Gasteiger charge is 2.63. The average molecular weight is 543 g/mol. The van der Waals surface area contributed by atoms with E-state index >= 15 is 0 Å². The lowest BCUT2D eigenvalue weighted by molar-refractivity contribution is -0.150. The number of primary amides is 1. The first kappa shape index (κ1) is 28.6. The van der Waals surface area contributed by atoms with E-state index in [4.69, 9.17) is 5.73 Å². The number of phenols is 1. The van der Waals surface area contributed by atoms with Gasteiger partial charge in [0.05, 0.1) is 11.6 Å². The van der Waals surface area contributed by atoms with Crippen LogP contribution in [0, 0.1) is 17.8 Å². The Morgan fingerprint density at radius 1 is 1.21 bits per heavy atom. The van der Waals surface area contributed by atoms with Crippen molar-refractivity contribution in [1.29, 1.82) is 0 Å². The number of nitrogens with zero attached hydrogens (tertiary/aromatic N) is 2. The van der Waals surface area contributed by atoms with E-state index in [-0.39, 0.29) is 29.7 Å². The smallest absolute Gasteiger partial charge is 0.255 e. The van der Waals surface area contributed by atoms with Gasteiger partial charge in [-0.15, -0.1) is 0 Å². The molecule has 1 amide bonds. The van der Waals surface area contributed by atoms with E-state index in [9.17, 15) is 34.8 Å². The lowest BCUT2D eigenvalue weighted by atomic mass is 9.57. The van der Waals surface area contributed by atoms with Gasteiger partial charge in [-0.1, -0.05) is 13.8 Å². The van der Waals surface area contributed by atoms with Crippen molar-refractivity contribution in [3.05, 3.63) is 39.7 Å². The summed E-state index contributed by atoms with van der Waals surface area (Å²) in [7, 11) is 7.07. The number of hydrogen-bond acceptors (Lipinski definition) is 10. The molecule has 0 unspecified atom stereocenters. The predicted molar refractivity (Wildman–Crippen MR) is 145 cm³/mol. The van der Waals surface area contributed by atoms with E-state index in [1.807, 2.05) is 37.0 Å². The molecular formula is C28H38N4O7. The molecule has 39 heavy (non-hydrogen) atoms. The van der Waals surface area contributed by atoms with E-state index in [2.05, 4.69) is 19.2 Å². The van der Waals surface area contributed by atoms with Crippen LogP contribution in [0.1, 0.15) is 37.0 Å². The molecule has 4 atom stereocenters. The molecule has 1 aromatic carbocycles. The minimum Gasteiger partial charge on any atom is -0.508 e. The van der Waals surface area contributed by atoms with Crippen molar-refractivity contribution in [3.63, 3.8) is 0 Å². The lowest BCUT2D eigenvalue weighted by Gasteiger charge is -2.49. The van der Waals surface area contributed by atoms with Gasteiger partial charge in [-0.3, -0.25) is 14.4 Å². The van der Waals surface area contributed by atoms with Crippen LogP contribution >= 0.6 is 0 Å². The van der Waals surface area contributed by atoms with Crippen LogP contribution in [0.25, 0.3) is 5.76 Å². The highest BCUT2D eigenvalue weighted by Crippen LogP contribution is 2.53. The zero-order valence-corrected chi connectivity index (χ0v) is 23.2. The second-order valence-electron chi connectivity index (χ2n) is 11.6. The molecule has 11 nitrogen and oxygen atoms in total. The molecule has 11 heteroatoms. The van der Waals surface area contributed by atoms with Crippen molar-refractivity contribution in [1.82, 2.24) is 10.2 Å². The molecule has 1 fully saturated rings. The zero-order chi connectivity index (χ0) is 29.1. The number of aliphatic hydroxyl groups excluding tert-OH is 2. The maximum Gasteiger partial charge on any atom is 0.255 e. The maximum absolute atomic E-state index is 13.9. The molecule has 212 valence electrons. The minimum absolute atomic E-state index is 0.0426. The summed E-state index contributed by atoms with van der Waals surface area (Å²) in [5.74, 6) is -6.20. The van der Waals surface area contributed by atoms with Gasteiger partial charge in [0.15, 0.2) is 11.4 Å². The third kappa shape index (κ3) is 4.29. The molecule has 0 aromatic heterocycles. The highest BCUT2D eigenvalue weighted by molar-refractivity contribution is 6.24. The average Bonchev–Trinajstić information content (AvgIpc) is 2.82. The number of amides is 1. The van der Waals surface area contributed by atoms with Gasteiger partial charge in [0, 0.05) is 49.9 Å². The first-order valence-electron chi connectivity index (χ1n) is 13.1. The maximum atomic E-state index is 13.9. The third-order valence-electron chi connectivity index (χ3n) is 8.16. The first-order valence-corrected chi connectivity index (χ1v) is 13.1. The normalized spacial score (nSPS) is 26.6. The van der Waals surface area contributed by atoms with E-state index in [1.165, 1.54) is 7.05 Å². The van der Waals surface area contributed by atoms with Crippen LogP contribution in [-0.2, 0) is 27.3 Å². The fourth-order valence-corrected chi connectivity index (χ4v) is 6.61. The number of likely N-dealkylation sites (N-methyl/N-ethyl adjacent to an activating group) is 1. The molecule has 0 saturated heterocycles. The minimum atomic E-state index is -2.65. The second kappa shape index (κ2) is 9.96. The Kier molecular flexibility index (Phi) is 7.30. The molecule has 0 radical (unpaired) electrons. The summed E-state index contributed by atoms with van der Waals surface area (Å²) >= 11 is 0. The Morgan fingerprint density at radius 3 is 2.38 bits per heavy atom. The second-order valence-corrected chi connectivity index (χ2v) is 11.6. The molecule has 0 heterocycles. The molecule has 1 aromatic rings. The van der Waals surface area contributed by atoms with Gasteiger partial charge in [-0.25, -0.2) is 0 Å². The van der Waals surface area contributed by atoms with Gasteiger partial charge >= 0.3 is 0 Å². The predicted octanol–water partition coefficient (Wildman–Crippen LogP) is 0.776. The number of hydrogen-bond donors (Lipinski definition) is 6. The summed E-state index contributed by atoms with van der Waals surface area (Å²) in [6.07, 6.45) is 0.287. The summed E-state index contributed by atoms with van der Waals surface area (Å²) in [5, 5.41) is 48.2. The number of aromatic hydroxyl groups is 1. The molecule has 4 rings (SSSR count). The molecule has 0 spiro atoms. The number of phenolic OH excluding ortho intramolecular Hbond substituents is 1. The Morgan fingerprint density at radius 2 is 1.85 bits per heavy atom. The molecule has 3 aliphatic rings. The van der Waals surface area contributed by atoms with Gasteiger partial charge in [0.2, 0.25) is 5.78 Å². The Bertz CT molecular complexity index is 1320. The Balaban J connectivity index is 1.93. The molecule has 0 aliphatic heterocycles. The quantitative estimate of drug-likeness (QED) is 0.270. The first-order chi connectivity index (χ1) is 18.2. The third-order valence-corrected chi connectivity index (χ3v) is 8.16. The van der Waals surface area contributed by atoms with Gasteiger partial charge in [-0.2, -0.15) is 0 Å². The standard InChI is InChI=1S/C28H38N4O7/c1-12(2)10-32(6)11-14-9-17(31(4)5)15-7-13-8-16-21(30-3)24(35)20(27(29)38)26(37)28(16,39)25(36)18(13)23(34)19(15)22(14)33/h9,12-13,16,21,30,33-34,37,39H,7-8,10-11H2,1-6H3,(H2,29,38)/t13-,16-,21-,28-/m0/s1. The number of carbonyl (C=O) groups excluding carboxylic acids is 3. The van der Waals surface area contributed by atoms with Crippen LogP contribution in [0.15, 0.2) is 23.0 Å². The molecule has 1 saturated carbocycles. The highest BCUT2D eigenvalue weighted by atomic mass is 16.3. The summed E-state index contributed by atoms with van der Waals surface area (Å²) in [6.45, 7) is 5.33. The number of nitrogens with one attached hydrogen (secondary N) is 1. The van der Waals surface area contributed by atoms with Crippen molar-refractivity contribution < 1.29 is 34.8 Å². The SMILES string of the molecule is CN[C@@H]1C(=O)C(C(N)=O)=C(O)[C@@]2(O)C(=O)C3=C(O)c4c(O)c(CN(C)CC(C)C)cc(N(C)C)c4C[C@H]3C[C@@H]12. The lowest BCUT2D eigenvalue weighted by Crippen LogP contribution is -2.65. The Hall–Kier alpha value is -3.41. The van der Waals surface area contributed by atoms with Gasteiger partial charge in [0.1, 0.15) is 22.8 Å². The van der Waals surface area contributed by atoms with Crippen molar-refractivity contribution in [2.75, 3.05) is 39.6 Å². The van der Waals surface area contributed by atoms with Crippen LogP contribution in [0.2, 0.25) is 0 Å². The molecule has 3 aliphatic carbocycles. The van der Waals surface area contributed by atoms with E-state index in [1.54, 1.807) is 0 Å². The number of benzene rings is 1. The fourth-order valence-electron chi connectivity index (χ4n) is 6.61. The van der Waals surface area contributed by atoms with Crippen LogP contribution in [0.3, 0.4) is 0 Å². The number of fused-ring (bicyclic) bond motifs is 3. The summed E-state index contributed by atoms with van der Waals surface area (Å²) in [5.41, 5.74) is 3.74. The number of aliphatic hydroxyl groups is 3. The van der Waals surface area contributed by atoms with Crippen molar-refractivity contribution in [2.24, 2.45) is 23.5 Å². The van der Waals surface area contributed by atoms with Gasteiger partial charge in [0.25, 0.3) is 5.91 Å². The van der Waals surface area contributed by atoms with E-state index in [0.29, 0.717) is 23.6 Å².